The second kappa shape index (κ2) is 6.89. The summed E-state index contributed by atoms with van der Waals surface area (Å²) in [6.45, 7) is 1.02. The molecule has 0 unspecified atom stereocenters. The van der Waals surface area contributed by atoms with Crippen LogP contribution in [0.1, 0.15) is 22.5 Å². The molecule has 7 nitrogen and oxygen atoms in total. The molecule has 1 aliphatic rings. The normalized spacial score (nSPS) is 18.4. The lowest BCUT2D eigenvalue weighted by atomic mass is 10.00. The predicted octanol–water partition coefficient (Wildman–Crippen LogP) is 1.67. The Kier molecular flexibility index (Phi) is 4.82. The Labute approximate surface area is 146 Å². The zero-order valence-electron chi connectivity index (χ0n) is 13.8. The first-order valence-corrected chi connectivity index (χ1v) is 9.78. The van der Waals surface area contributed by atoms with Gasteiger partial charge in [-0.25, -0.2) is 27.5 Å². The van der Waals surface area contributed by atoms with Crippen LogP contribution in [0.3, 0.4) is 0 Å². The Hall–Kier alpha value is -2.32. The van der Waals surface area contributed by atoms with Gasteiger partial charge >= 0.3 is 5.97 Å². The molecule has 1 saturated heterocycles. The maximum Gasteiger partial charge on any atom is 0.336 e. The summed E-state index contributed by atoms with van der Waals surface area (Å²) in [6.07, 6.45) is 4.07. The number of aromatic nitrogens is 2. The standard InChI is InChI=1S/C17H19N3O4S/c1-25(23,24)20-7-6-12(10-20)8-13-9-16(19-11-18-13)14-4-2-3-5-15(14)17(21)22/h2-5,9,11-12H,6-8,10H2,1H3,(H,21,22)/t12-/m0/s1. The van der Waals surface area contributed by atoms with Crippen molar-refractivity contribution < 1.29 is 18.3 Å². The van der Waals surface area contributed by atoms with Crippen molar-refractivity contribution in [3.05, 3.63) is 47.9 Å². The van der Waals surface area contributed by atoms with Gasteiger partial charge in [0.15, 0.2) is 0 Å². The predicted molar refractivity (Wildman–Crippen MR) is 92.7 cm³/mol. The minimum Gasteiger partial charge on any atom is -0.478 e. The number of aromatic carboxylic acids is 1. The van der Waals surface area contributed by atoms with Crippen molar-refractivity contribution in [3.63, 3.8) is 0 Å². The Morgan fingerprint density at radius 1 is 1.32 bits per heavy atom. The third kappa shape index (κ3) is 4.02. The summed E-state index contributed by atoms with van der Waals surface area (Å²) < 4.78 is 24.7. The number of carbonyl (C=O) groups is 1. The van der Waals surface area contributed by atoms with E-state index in [-0.39, 0.29) is 11.5 Å². The number of carboxylic acids is 1. The Bertz CT molecular complexity index is 898. The van der Waals surface area contributed by atoms with Gasteiger partial charge in [-0.3, -0.25) is 0 Å². The summed E-state index contributed by atoms with van der Waals surface area (Å²) in [7, 11) is -3.16. The van der Waals surface area contributed by atoms with Crippen molar-refractivity contribution >= 4 is 16.0 Å². The molecule has 0 saturated carbocycles. The molecule has 0 bridgehead atoms. The fourth-order valence-electron chi connectivity index (χ4n) is 3.11. The lowest BCUT2D eigenvalue weighted by molar-refractivity contribution is 0.0697. The number of hydrogen-bond acceptors (Lipinski definition) is 5. The zero-order chi connectivity index (χ0) is 18.0. The van der Waals surface area contributed by atoms with Crippen LogP contribution in [0.5, 0.6) is 0 Å². The number of rotatable bonds is 5. The van der Waals surface area contributed by atoms with Crippen molar-refractivity contribution in [2.45, 2.75) is 12.8 Å². The molecule has 2 heterocycles. The van der Waals surface area contributed by atoms with Gasteiger partial charge in [-0.2, -0.15) is 0 Å². The molecule has 1 N–H and O–H groups in total. The second-order valence-electron chi connectivity index (χ2n) is 6.23. The molecule has 132 valence electrons. The van der Waals surface area contributed by atoms with Crippen molar-refractivity contribution in [2.24, 2.45) is 5.92 Å². The summed E-state index contributed by atoms with van der Waals surface area (Å²) in [6, 6.07) is 8.49. The van der Waals surface area contributed by atoms with Gasteiger partial charge in [-0.15, -0.1) is 0 Å². The van der Waals surface area contributed by atoms with Gasteiger partial charge in [0.25, 0.3) is 0 Å². The average Bonchev–Trinajstić information content (AvgIpc) is 3.04. The third-order valence-corrected chi connectivity index (χ3v) is 5.64. The minimum atomic E-state index is -3.16. The molecular weight excluding hydrogens is 342 g/mol. The van der Waals surface area contributed by atoms with Crippen molar-refractivity contribution in [2.75, 3.05) is 19.3 Å². The first-order valence-electron chi connectivity index (χ1n) is 7.93. The van der Waals surface area contributed by atoms with Crippen LogP contribution >= 0.6 is 0 Å². The highest BCUT2D eigenvalue weighted by Gasteiger charge is 2.28. The second-order valence-corrected chi connectivity index (χ2v) is 8.21. The van der Waals surface area contributed by atoms with Crippen LogP contribution in [0.2, 0.25) is 0 Å². The molecule has 25 heavy (non-hydrogen) atoms. The largest absolute Gasteiger partial charge is 0.478 e. The Morgan fingerprint density at radius 3 is 2.76 bits per heavy atom. The van der Waals surface area contributed by atoms with E-state index in [1.807, 2.05) is 0 Å². The lowest BCUT2D eigenvalue weighted by Gasteiger charge is -2.13. The molecule has 1 aliphatic heterocycles. The Balaban J connectivity index is 1.81. The van der Waals surface area contributed by atoms with Crippen molar-refractivity contribution in [1.29, 1.82) is 0 Å². The molecule has 1 atom stereocenters. The summed E-state index contributed by atoms with van der Waals surface area (Å²) in [5, 5.41) is 9.33. The molecule has 0 radical (unpaired) electrons. The van der Waals surface area contributed by atoms with Crippen LogP contribution in [-0.2, 0) is 16.4 Å². The minimum absolute atomic E-state index is 0.191. The van der Waals surface area contributed by atoms with E-state index in [1.54, 1.807) is 30.3 Å². The smallest absolute Gasteiger partial charge is 0.336 e. The first-order chi connectivity index (χ1) is 11.8. The number of carboxylic acid groups (broad SMARTS) is 1. The fourth-order valence-corrected chi connectivity index (χ4v) is 4.03. The van der Waals surface area contributed by atoms with E-state index in [1.165, 1.54) is 16.9 Å². The molecule has 2 aromatic rings. The van der Waals surface area contributed by atoms with E-state index >= 15 is 0 Å². The van der Waals surface area contributed by atoms with Crippen LogP contribution in [0.15, 0.2) is 36.7 Å². The van der Waals surface area contributed by atoms with Gasteiger partial charge in [-0.1, -0.05) is 18.2 Å². The van der Waals surface area contributed by atoms with E-state index in [9.17, 15) is 18.3 Å². The number of nitrogens with zero attached hydrogens (tertiary/aromatic N) is 3. The molecular formula is C17H19N3O4S. The van der Waals surface area contributed by atoms with Gasteiger partial charge in [0.2, 0.25) is 10.0 Å². The van der Waals surface area contributed by atoms with Gasteiger partial charge in [0.1, 0.15) is 6.33 Å². The van der Waals surface area contributed by atoms with Crippen LogP contribution in [0.4, 0.5) is 0 Å². The van der Waals surface area contributed by atoms with E-state index in [4.69, 9.17) is 0 Å². The highest BCUT2D eigenvalue weighted by molar-refractivity contribution is 7.88. The third-order valence-electron chi connectivity index (χ3n) is 4.37. The highest BCUT2D eigenvalue weighted by Crippen LogP contribution is 2.25. The van der Waals surface area contributed by atoms with E-state index in [0.717, 1.165) is 12.1 Å². The monoisotopic (exact) mass is 361 g/mol. The van der Waals surface area contributed by atoms with Crippen molar-refractivity contribution in [1.82, 2.24) is 14.3 Å². The first kappa shape index (κ1) is 17.5. The molecule has 0 spiro atoms. The summed E-state index contributed by atoms with van der Waals surface area (Å²) in [5.41, 5.74) is 2.07. The van der Waals surface area contributed by atoms with Gasteiger partial charge < -0.3 is 5.11 Å². The van der Waals surface area contributed by atoms with E-state index in [0.29, 0.717) is 30.8 Å². The quantitative estimate of drug-likeness (QED) is 0.869. The van der Waals surface area contributed by atoms with E-state index in [2.05, 4.69) is 9.97 Å². The van der Waals surface area contributed by atoms with Crippen LogP contribution in [-0.4, -0.2) is 53.1 Å². The summed E-state index contributed by atoms with van der Waals surface area (Å²) in [5.74, 6) is -0.803. The SMILES string of the molecule is CS(=O)(=O)N1CC[C@@H](Cc2cc(-c3ccccc3C(=O)O)ncn2)C1. The fraction of sp³-hybridized carbons (Fsp3) is 0.353. The summed E-state index contributed by atoms with van der Waals surface area (Å²) in [4.78, 5) is 19.8. The summed E-state index contributed by atoms with van der Waals surface area (Å²) >= 11 is 0. The molecule has 3 rings (SSSR count). The number of sulfonamides is 1. The topological polar surface area (TPSA) is 100 Å². The highest BCUT2D eigenvalue weighted by atomic mass is 32.2. The number of benzene rings is 1. The van der Waals surface area contributed by atoms with Crippen LogP contribution in [0.25, 0.3) is 11.3 Å². The maximum absolute atomic E-state index is 11.6. The van der Waals surface area contributed by atoms with Gasteiger partial charge in [0, 0.05) is 24.3 Å². The number of hydrogen-bond donors (Lipinski definition) is 1. The van der Waals surface area contributed by atoms with E-state index < -0.39 is 16.0 Å². The van der Waals surface area contributed by atoms with Gasteiger partial charge in [-0.05, 0) is 30.9 Å². The lowest BCUT2D eigenvalue weighted by Crippen LogP contribution is -2.27. The molecule has 1 fully saturated rings. The van der Waals surface area contributed by atoms with Crippen molar-refractivity contribution in [3.8, 4) is 11.3 Å². The zero-order valence-corrected chi connectivity index (χ0v) is 14.6. The van der Waals surface area contributed by atoms with Crippen LogP contribution in [0, 0.1) is 5.92 Å². The Morgan fingerprint density at radius 2 is 2.08 bits per heavy atom. The van der Waals surface area contributed by atoms with Gasteiger partial charge in [0.05, 0.1) is 17.5 Å². The van der Waals surface area contributed by atoms with Crippen LogP contribution < -0.4 is 0 Å². The molecule has 1 aromatic carbocycles. The molecule has 0 amide bonds. The molecule has 8 heteroatoms. The average molecular weight is 361 g/mol. The molecule has 1 aromatic heterocycles. The maximum atomic E-state index is 11.6. The molecule has 0 aliphatic carbocycles.